The van der Waals surface area contributed by atoms with Gasteiger partial charge in [0.05, 0.1) is 0 Å². The number of hydrogen-bond acceptors (Lipinski definition) is 2. The molecule has 0 unspecified atom stereocenters. The Morgan fingerprint density at radius 1 is 1.38 bits per heavy atom. The van der Waals surface area contributed by atoms with Crippen molar-refractivity contribution in [2.24, 2.45) is 0 Å². The Labute approximate surface area is 50.5 Å². The monoisotopic (exact) mass is 118 g/mol. The van der Waals surface area contributed by atoms with Crippen LogP contribution in [0.15, 0.2) is 12.7 Å². The summed E-state index contributed by atoms with van der Waals surface area (Å²) in [5.74, 6) is 0. The summed E-state index contributed by atoms with van der Waals surface area (Å²) in [4.78, 5) is 0. The summed E-state index contributed by atoms with van der Waals surface area (Å²) in [6.07, 6.45) is 2.25. The highest BCUT2D eigenvalue weighted by Crippen LogP contribution is 1.65. The van der Waals surface area contributed by atoms with Crippen molar-refractivity contribution in [2.75, 3.05) is 13.2 Å². The smallest absolute Gasteiger partial charge is 0.0452 e. The molecule has 0 saturated heterocycles. The average Bonchev–Trinajstić information content (AvgIpc) is 1.71. The van der Waals surface area contributed by atoms with Crippen molar-refractivity contribution in [3.05, 3.63) is 12.7 Å². The molecule has 0 aliphatic carbocycles. The molecule has 8 heavy (non-hydrogen) atoms. The van der Waals surface area contributed by atoms with Crippen LogP contribution >= 0.6 is 0 Å². The molecule has 0 spiro atoms. The van der Waals surface area contributed by atoms with Crippen LogP contribution in [-0.4, -0.2) is 23.4 Å². The molecule has 0 aromatic heterocycles. The van der Waals surface area contributed by atoms with Gasteiger partial charge >= 0.3 is 0 Å². The Hall–Kier alpha value is -0.340. The van der Waals surface area contributed by atoms with Crippen LogP contribution in [0, 0.1) is 0 Å². The summed E-state index contributed by atoms with van der Waals surface area (Å²) in [5.41, 5.74) is 0. The first-order valence-corrected chi connectivity index (χ1v) is 2.62. The first-order valence-electron chi connectivity index (χ1n) is 2.62. The van der Waals surface area contributed by atoms with Gasteiger partial charge in [0.1, 0.15) is 0 Å². The van der Waals surface area contributed by atoms with Gasteiger partial charge in [-0.15, -0.1) is 6.58 Å². The lowest BCUT2D eigenvalue weighted by Gasteiger charge is -1.79. The highest BCUT2D eigenvalue weighted by atomic mass is 16.3. The van der Waals surface area contributed by atoms with Crippen LogP contribution in [0.5, 0.6) is 0 Å². The van der Waals surface area contributed by atoms with E-state index in [0.717, 1.165) is 0 Å². The Bertz CT molecular complexity index is 33.5. The van der Waals surface area contributed by atoms with Crippen molar-refractivity contribution >= 4 is 0 Å². The van der Waals surface area contributed by atoms with Gasteiger partial charge in [-0.3, -0.25) is 0 Å². The second-order valence-corrected chi connectivity index (χ2v) is 1.21. The zero-order valence-electron chi connectivity index (χ0n) is 5.30. The Balaban J connectivity index is 0. The fourth-order valence-corrected chi connectivity index (χ4v) is 0.0707. The van der Waals surface area contributed by atoms with Crippen LogP contribution in [0.1, 0.15) is 13.3 Å². The summed E-state index contributed by atoms with van der Waals surface area (Å²) in [6, 6.07) is 0. The standard InChI is InChI=1S/C3H8O2.C3H6/c4-2-1-3-5;1-3-2/h4-5H,1-3H2;3H,1H2,2H3. The quantitative estimate of drug-likeness (QED) is 0.520. The largest absolute Gasteiger partial charge is 0.396 e. The summed E-state index contributed by atoms with van der Waals surface area (Å²) in [7, 11) is 0. The molecule has 0 radical (unpaired) electrons. The van der Waals surface area contributed by atoms with E-state index in [1.165, 1.54) is 0 Å². The maximum Gasteiger partial charge on any atom is 0.0452 e. The zero-order valence-corrected chi connectivity index (χ0v) is 5.30. The Morgan fingerprint density at radius 3 is 1.62 bits per heavy atom. The van der Waals surface area contributed by atoms with E-state index in [-0.39, 0.29) is 13.2 Å². The normalized spacial score (nSPS) is 6.88. The SMILES string of the molecule is C=CC.OCCCO. The Morgan fingerprint density at radius 2 is 1.62 bits per heavy atom. The Kier molecular flexibility index (Phi) is 21.1. The van der Waals surface area contributed by atoms with Gasteiger partial charge in [-0.1, -0.05) is 6.08 Å². The average molecular weight is 118 g/mol. The molecule has 0 aromatic rings. The molecule has 0 bridgehead atoms. The van der Waals surface area contributed by atoms with E-state index in [9.17, 15) is 0 Å². The molecule has 0 fully saturated rings. The van der Waals surface area contributed by atoms with Crippen molar-refractivity contribution < 1.29 is 10.2 Å². The summed E-state index contributed by atoms with van der Waals surface area (Å²) < 4.78 is 0. The second-order valence-electron chi connectivity index (χ2n) is 1.21. The van der Waals surface area contributed by atoms with E-state index in [4.69, 9.17) is 10.2 Å². The summed E-state index contributed by atoms with van der Waals surface area (Å²) in [6.45, 7) is 5.44. The predicted molar refractivity (Wildman–Crippen MR) is 34.7 cm³/mol. The first kappa shape index (κ1) is 10.6. The molecular formula is C6H14O2. The highest BCUT2D eigenvalue weighted by molar-refractivity contribution is 4.51. The second kappa shape index (κ2) is 15.9. The van der Waals surface area contributed by atoms with Gasteiger partial charge in [0, 0.05) is 13.2 Å². The van der Waals surface area contributed by atoms with Crippen molar-refractivity contribution in [1.29, 1.82) is 0 Å². The van der Waals surface area contributed by atoms with Crippen molar-refractivity contribution in [1.82, 2.24) is 0 Å². The molecule has 0 aliphatic heterocycles. The number of rotatable bonds is 2. The van der Waals surface area contributed by atoms with Crippen molar-refractivity contribution in [2.45, 2.75) is 13.3 Å². The minimum absolute atomic E-state index is 0.0938. The van der Waals surface area contributed by atoms with Crippen LogP contribution < -0.4 is 0 Å². The molecule has 0 amide bonds. The molecule has 0 aliphatic rings. The van der Waals surface area contributed by atoms with Crippen LogP contribution in [0.25, 0.3) is 0 Å². The minimum Gasteiger partial charge on any atom is -0.396 e. The molecular weight excluding hydrogens is 104 g/mol. The van der Waals surface area contributed by atoms with Crippen LogP contribution in [0.2, 0.25) is 0 Å². The number of hydrogen-bond donors (Lipinski definition) is 2. The number of aliphatic hydroxyl groups is 2. The summed E-state index contributed by atoms with van der Waals surface area (Å²) in [5, 5.41) is 15.8. The first-order chi connectivity index (χ1) is 3.83. The molecule has 0 rings (SSSR count). The van der Waals surface area contributed by atoms with E-state index in [1.54, 1.807) is 6.08 Å². The van der Waals surface area contributed by atoms with E-state index < -0.39 is 0 Å². The lowest BCUT2D eigenvalue weighted by Crippen LogP contribution is -1.85. The highest BCUT2D eigenvalue weighted by Gasteiger charge is 1.70. The molecule has 2 N–H and O–H groups in total. The number of aliphatic hydroxyl groups excluding tert-OH is 2. The lowest BCUT2D eigenvalue weighted by atomic mass is 10.5. The molecule has 0 aromatic carbocycles. The number of allylic oxidation sites excluding steroid dienone is 1. The molecule has 2 nitrogen and oxygen atoms in total. The van der Waals surface area contributed by atoms with E-state index in [2.05, 4.69) is 6.58 Å². The van der Waals surface area contributed by atoms with Crippen LogP contribution in [0.4, 0.5) is 0 Å². The zero-order chi connectivity index (χ0) is 6.83. The van der Waals surface area contributed by atoms with Crippen LogP contribution in [0.3, 0.4) is 0 Å². The fourth-order valence-electron chi connectivity index (χ4n) is 0.0707. The van der Waals surface area contributed by atoms with Gasteiger partial charge in [0.15, 0.2) is 0 Å². The molecule has 2 heteroatoms. The van der Waals surface area contributed by atoms with E-state index in [1.807, 2.05) is 6.92 Å². The maximum absolute atomic E-state index is 7.91. The van der Waals surface area contributed by atoms with Gasteiger partial charge < -0.3 is 10.2 Å². The third-order valence-corrected chi connectivity index (χ3v) is 0.316. The van der Waals surface area contributed by atoms with E-state index in [0.29, 0.717) is 6.42 Å². The van der Waals surface area contributed by atoms with E-state index >= 15 is 0 Å². The fraction of sp³-hybridized carbons (Fsp3) is 0.667. The third-order valence-electron chi connectivity index (χ3n) is 0.316. The predicted octanol–water partition coefficient (Wildman–Crippen LogP) is 0.553. The van der Waals surface area contributed by atoms with Gasteiger partial charge in [-0.2, -0.15) is 0 Å². The maximum atomic E-state index is 7.91. The van der Waals surface area contributed by atoms with Gasteiger partial charge in [0.25, 0.3) is 0 Å². The summed E-state index contributed by atoms with van der Waals surface area (Å²) >= 11 is 0. The molecule has 0 heterocycles. The molecule has 0 atom stereocenters. The van der Waals surface area contributed by atoms with Gasteiger partial charge in [0.2, 0.25) is 0 Å². The van der Waals surface area contributed by atoms with Crippen molar-refractivity contribution in [3.63, 3.8) is 0 Å². The lowest BCUT2D eigenvalue weighted by molar-refractivity contribution is 0.221. The molecule has 50 valence electrons. The van der Waals surface area contributed by atoms with Gasteiger partial charge in [-0.05, 0) is 13.3 Å². The third kappa shape index (κ3) is 44.6. The van der Waals surface area contributed by atoms with Crippen LogP contribution in [-0.2, 0) is 0 Å². The minimum atomic E-state index is 0.0938. The van der Waals surface area contributed by atoms with Crippen molar-refractivity contribution in [3.8, 4) is 0 Å². The molecule has 0 saturated carbocycles. The topological polar surface area (TPSA) is 40.5 Å². The van der Waals surface area contributed by atoms with Gasteiger partial charge in [-0.25, -0.2) is 0 Å².